The predicted molar refractivity (Wildman–Crippen MR) is 96.9 cm³/mol. The maximum absolute atomic E-state index is 12.8. The SMILES string of the molecule is Cc1ccc(CC(=O)N(CCN(C)C)Cc2nc[nH]c2C)cc1C. The van der Waals surface area contributed by atoms with Crippen molar-refractivity contribution < 1.29 is 4.79 Å². The molecule has 1 aromatic heterocycles. The maximum Gasteiger partial charge on any atom is 0.227 e. The van der Waals surface area contributed by atoms with E-state index in [1.807, 2.05) is 32.0 Å². The van der Waals surface area contributed by atoms with Crippen molar-refractivity contribution >= 4 is 5.91 Å². The summed E-state index contributed by atoms with van der Waals surface area (Å²) in [4.78, 5) is 24.2. The van der Waals surface area contributed by atoms with Gasteiger partial charge in [0.1, 0.15) is 0 Å². The van der Waals surface area contributed by atoms with Crippen LogP contribution in [0.1, 0.15) is 28.1 Å². The Morgan fingerprint density at radius 1 is 1.12 bits per heavy atom. The molecule has 1 heterocycles. The van der Waals surface area contributed by atoms with Crippen molar-refractivity contribution in [3.8, 4) is 0 Å². The maximum atomic E-state index is 12.8. The van der Waals surface area contributed by atoms with E-state index >= 15 is 0 Å². The Labute approximate surface area is 144 Å². The molecule has 24 heavy (non-hydrogen) atoms. The fourth-order valence-electron chi connectivity index (χ4n) is 2.54. The van der Waals surface area contributed by atoms with Gasteiger partial charge in [0, 0.05) is 18.8 Å². The van der Waals surface area contributed by atoms with E-state index in [2.05, 4.69) is 40.8 Å². The second kappa shape index (κ2) is 8.11. The van der Waals surface area contributed by atoms with Gasteiger partial charge in [-0.25, -0.2) is 4.98 Å². The molecule has 0 saturated carbocycles. The van der Waals surface area contributed by atoms with Crippen molar-refractivity contribution in [3.63, 3.8) is 0 Å². The number of carbonyl (C=O) groups excluding carboxylic acids is 1. The van der Waals surface area contributed by atoms with Gasteiger partial charge in [0.15, 0.2) is 0 Å². The van der Waals surface area contributed by atoms with Gasteiger partial charge in [-0.2, -0.15) is 0 Å². The molecule has 130 valence electrons. The Bertz CT molecular complexity index is 690. The second-order valence-corrected chi connectivity index (χ2v) is 6.69. The average molecular weight is 328 g/mol. The van der Waals surface area contributed by atoms with Crippen molar-refractivity contribution in [1.82, 2.24) is 19.8 Å². The van der Waals surface area contributed by atoms with Crippen molar-refractivity contribution in [1.29, 1.82) is 0 Å². The number of amides is 1. The third-order valence-corrected chi connectivity index (χ3v) is 4.37. The van der Waals surface area contributed by atoms with Crippen LogP contribution in [0.4, 0.5) is 0 Å². The molecule has 0 spiro atoms. The summed E-state index contributed by atoms with van der Waals surface area (Å²) in [6.45, 7) is 8.24. The van der Waals surface area contributed by atoms with Gasteiger partial charge in [-0.15, -0.1) is 0 Å². The van der Waals surface area contributed by atoms with Crippen LogP contribution in [-0.4, -0.2) is 52.9 Å². The number of hydrogen-bond acceptors (Lipinski definition) is 3. The zero-order valence-corrected chi connectivity index (χ0v) is 15.4. The number of likely N-dealkylation sites (N-methyl/N-ethyl adjacent to an activating group) is 1. The molecular formula is C19H28N4O. The molecule has 1 N–H and O–H groups in total. The topological polar surface area (TPSA) is 52.2 Å². The van der Waals surface area contributed by atoms with E-state index in [0.29, 0.717) is 19.5 Å². The van der Waals surface area contributed by atoms with E-state index in [1.165, 1.54) is 11.1 Å². The number of carbonyl (C=O) groups is 1. The van der Waals surface area contributed by atoms with Gasteiger partial charge in [0.05, 0.1) is 25.0 Å². The van der Waals surface area contributed by atoms with E-state index in [0.717, 1.165) is 23.5 Å². The van der Waals surface area contributed by atoms with Crippen LogP contribution in [-0.2, 0) is 17.8 Å². The van der Waals surface area contributed by atoms with E-state index in [9.17, 15) is 4.79 Å². The van der Waals surface area contributed by atoms with Crippen molar-refractivity contribution in [2.75, 3.05) is 27.2 Å². The summed E-state index contributed by atoms with van der Waals surface area (Å²) in [6.07, 6.45) is 2.11. The zero-order chi connectivity index (χ0) is 17.7. The minimum absolute atomic E-state index is 0.141. The number of aromatic amines is 1. The first kappa shape index (κ1) is 18.2. The Kier molecular flexibility index (Phi) is 6.15. The lowest BCUT2D eigenvalue weighted by molar-refractivity contribution is -0.131. The van der Waals surface area contributed by atoms with Gasteiger partial charge >= 0.3 is 0 Å². The van der Waals surface area contributed by atoms with E-state index in [1.54, 1.807) is 6.33 Å². The van der Waals surface area contributed by atoms with Crippen LogP contribution in [0.2, 0.25) is 0 Å². The lowest BCUT2D eigenvalue weighted by Gasteiger charge is -2.24. The summed E-state index contributed by atoms with van der Waals surface area (Å²) in [5, 5.41) is 0. The number of rotatable bonds is 7. The Morgan fingerprint density at radius 3 is 2.46 bits per heavy atom. The third kappa shape index (κ3) is 4.93. The molecule has 0 aliphatic heterocycles. The fourth-order valence-corrected chi connectivity index (χ4v) is 2.54. The summed E-state index contributed by atoms with van der Waals surface area (Å²) in [6, 6.07) is 6.24. The third-order valence-electron chi connectivity index (χ3n) is 4.37. The fraction of sp³-hybridized carbons (Fsp3) is 0.474. The first-order chi connectivity index (χ1) is 11.4. The molecule has 0 saturated heterocycles. The molecule has 0 radical (unpaired) electrons. The van der Waals surface area contributed by atoms with E-state index in [4.69, 9.17) is 0 Å². The number of nitrogens with one attached hydrogen (secondary N) is 1. The van der Waals surface area contributed by atoms with E-state index in [-0.39, 0.29) is 5.91 Å². The Balaban J connectivity index is 2.10. The standard InChI is InChI=1S/C19H28N4O/c1-14-6-7-17(10-15(14)2)11-19(24)23(9-8-22(4)5)12-18-16(3)20-13-21-18/h6-7,10,13H,8-9,11-12H2,1-5H3,(H,20,21). The summed E-state index contributed by atoms with van der Waals surface area (Å²) in [7, 11) is 4.04. The molecule has 2 aromatic rings. The van der Waals surface area contributed by atoms with Gasteiger partial charge in [0.25, 0.3) is 0 Å². The number of imidazole rings is 1. The summed E-state index contributed by atoms with van der Waals surface area (Å²) in [5.41, 5.74) is 5.49. The van der Waals surface area contributed by atoms with Crippen molar-refractivity contribution in [2.45, 2.75) is 33.7 Å². The minimum Gasteiger partial charge on any atom is -0.348 e. The van der Waals surface area contributed by atoms with Crippen LogP contribution < -0.4 is 0 Å². The molecule has 0 unspecified atom stereocenters. The first-order valence-electron chi connectivity index (χ1n) is 8.34. The molecule has 0 bridgehead atoms. The van der Waals surface area contributed by atoms with Crippen LogP contribution in [0.5, 0.6) is 0 Å². The highest BCUT2D eigenvalue weighted by Crippen LogP contribution is 2.13. The van der Waals surface area contributed by atoms with Crippen LogP contribution >= 0.6 is 0 Å². The molecular weight excluding hydrogens is 300 g/mol. The van der Waals surface area contributed by atoms with E-state index < -0.39 is 0 Å². The van der Waals surface area contributed by atoms with Gasteiger partial charge in [-0.1, -0.05) is 18.2 Å². The summed E-state index contributed by atoms with van der Waals surface area (Å²) < 4.78 is 0. The van der Waals surface area contributed by atoms with Gasteiger partial charge in [0.2, 0.25) is 5.91 Å². The Hall–Kier alpha value is -2.14. The molecule has 1 aromatic carbocycles. The zero-order valence-electron chi connectivity index (χ0n) is 15.4. The minimum atomic E-state index is 0.141. The monoisotopic (exact) mass is 328 g/mol. The molecule has 5 heteroatoms. The largest absolute Gasteiger partial charge is 0.348 e. The Morgan fingerprint density at radius 2 is 1.88 bits per heavy atom. The molecule has 5 nitrogen and oxygen atoms in total. The normalized spacial score (nSPS) is 11.1. The second-order valence-electron chi connectivity index (χ2n) is 6.69. The van der Waals surface area contributed by atoms with Gasteiger partial charge < -0.3 is 14.8 Å². The summed E-state index contributed by atoms with van der Waals surface area (Å²) in [5.74, 6) is 0.141. The average Bonchev–Trinajstić information content (AvgIpc) is 2.92. The van der Waals surface area contributed by atoms with Gasteiger partial charge in [-0.05, 0) is 51.6 Å². The number of aromatic nitrogens is 2. The lowest BCUT2D eigenvalue weighted by Crippen LogP contribution is -2.37. The molecule has 0 aliphatic rings. The van der Waals surface area contributed by atoms with Crippen molar-refractivity contribution in [2.24, 2.45) is 0 Å². The number of nitrogens with zero attached hydrogens (tertiary/aromatic N) is 3. The highest BCUT2D eigenvalue weighted by atomic mass is 16.2. The van der Waals surface area contributed by atoms with Crippen molar-refractivity contribution in [3.05, 3.63) is 52.6 Å². The molecule has 0 aliphatic carbocycles. The van der Waals surface area contributed by atoms with Crippen LogP contribution in [0, 0.1) is 20.8 Å². The number of benzene rings is 1. The highest BCUT2D eigenvalue weighted by Gasteiger charge is 2.17. The quantitative estimate of drug-likeness (QED) is 0.849. The lowest BCUT2D eigenvalue weighted by atomic mass is 10.0. The number of H-pyrrole nitrogens is 1. The van der Waals surface area contributed by atoms with Crippen LogP contribution in [0.3, 0.4) is 0 Å². The first-order valence-corrected chi connectivity index (χ1v) is 8.34. The van der Waals surface area contributed by atoms with Gasteiger partial charge in [-0.3, -0.25) is 4.79 Å². The van der Waals surface area contributed by atoms with Crippen LogP contribution in [0.25, 0.3) is 0 Å². The predicted octanol–water partition coefficient (Wildman–Crippen LogP) is 2.47. The number of hydrogen-bond donors (Lipinski definition) is 1. The number of aryl methyl sites for hydroxylation is 3. The highest BCUT2D eigenvalue weighted by molar-refractivity contribution is 5.78. The smallest absolute Gasteiger partial charge is 0.227 e. The molecule has 0 fully saturated rings. The molecule has 2 rings (SSSR count). The van der Waals surface area contributed by atoms with Crippen LogP contribution in [0.15, 0.2) is 24.5 Å². The summed E-state index contributed by atoms with van der Waals surface area (Å²) >= 11 is 0. The molecule has 0 atom stereocenters. The molecule has 1 amide bonds.